The van der Waals surface area contributed by atoms with Crippen molar-refractivity contribution in [2.24, 2.45) is 0 Å². The van der Waals surface area contributed by atoms with Gasteiger partial charge in [0.25, 0.3) is 5.91 Å². The van der Waals surface area contributed by atoms with Crippen LogP contribution in [0.4, 0.5) is 4.39 Å². The summed E-state index contributed by atoms with van der Waals surface area (Å²) in [5.74, 6) is -0.0188. The molecule has 0 N–H and O–H groups in total. The number of nitrogens with zero attached hydrogens (tertiary/aromatic N) is 2. The third kappa shape index (κ3) is 4.02. The van der Waals surface area contributed by atoms with Crippen LogP contribution < -0.4 is 4.74 Å². The maximum absolute atomic E-state index is 13.5. The summed E-state index contributed by atoms with van der Waals surface area (Å²) >= 11 is 0. The quantitative estimate of drug-likeness (QED) is 0.845. The Morgan fingerprint density at radius 3 is 2.31 bits per heavy atom. The van der Waals surface area contributed by atoms with Crippen LogP contribution in [0.1, 0.15) is 15.9 Å². The minimum atomic E-state index is -0.396. The highest BCUT2D eigenvalue weighted by Crippen LogP contribution is 2.21. The van der Waals surface area contributed by atoms with Crippen LogP contribution in [0.15, 0.2) is 48.5 Å². The molecule has 0 spiro atoms. The number of hydrogen-bond donors (Lipinski definition) is 0. The first-order chi connectivity index (χ1) is 12.6. The Morgan fingerprint density at radius 1 is 1.00 bits per heavy atom. The molecule has 0 aromatic heterocycles. The molecule has 0 radical (unpaired) electrons. The van der Waals surface area contributed by atoms with Gasteiger partial charge in [0, 0.05) is 37.3 Å². The maximum Gasteiger partial charge on any atom is 0.253 e. The van der Waals surface area contributed by atoms with Gasteiger partial charge < -0.3 is 14.5 Å². The van der Waals surface area contributed by atoms with Gasteiger partial charge in [-0.3, -0.25) is 9.59 Å². The van der Waals surface area contributed by atoms with Crippen LogP contribution in [0.25, 0.3) is 0 Å². The molecule has 2 aromatic rings. The lowest BCUT2D eigenvalue weighted by atomic mass is 10.1. The molecule has 3 rings (SSSR count). The van der Waals surface area contributed by atoms with Crippen molar-refractivity contribution in [1.82, 2.24) is 9.80 Å². The monoisotopic (exact) mass is 356 g/mol. The van der Waals surface area contributed by atoms with Crippen molar-refractivity contribution in [1.29, 1.82) is 0 Å². The fraction of sp³-hybridized carbons (Fsp3) is 0.300. The highest BCUT2D eigenvalue weighted by molar-refractivity contribution is 5.94. The number of halogens is 1. The van der Waals surface area contributed by atoms with Crippen LogP contribution in [-0.4, -0.2) is 54.9 Å². The Bertz CT molecular complexity index is 787. The minimum absolute atomic E-state index is 0.0236. The predicted octanol–water partition coefficient (Wildman–Crippen LogP) is 2.36. The fourth-order valence-electron chi connectivity index (χ4n) is 3.08. The van der Waals surface area contributed by atoms with E-state index in [4.69, 9.17) is 4.74 Å². The van der Waals surface area contributed by atoms with E-state index in [1.165, 1.54) is 25.3 Å². The van der Waals surface area contributed by atoms with E-state index in [0.717, 1.165) is 0 Å². The van der Waals surface area contributed by atoms with Gasteiger partial charge in [-0.25, -0.2) is 4.39 Å². The second-order valence-electron chi connectivity index (χ2n) is 6.17. The molecule has 1 fully saturated rings. The van der Waals surface area contributed by atoms with E-state index < -0.39 is 5.82 Å². The molecule has 2 amide bonds. The van der Waals surface area contributed by atoms with Gasteiger partial charge in [0.1, 0.15) is 11.6 Å². The van der Waals surface area contributed by atoms with Gasteiger partial charge in [-0.15, -0.1) is 0 Å². The summed E-state index contributed by atoms with van der Waals surface area (Å²) in [5, 5.41) is 0. The Hall–Kier alpha value is -2.89. The van der Waals surface area contributed by atoms with Crippen molar-refractivity contribution in [3.05, 3.63) is 65.5 Å². The molecule has 0 bridgehead atoms. The molecule has 0 aliphatic carbocycles. The lowest BCUT2D eigenvalue weighted by Gasteiger charge is -2.35. The van der Waals surface area contributed by atoms with E-state index in [1.54, 1.807) is 21.9 Å². The van der Waals surface area contributed by atoms with Crippen molar-refractivity contribution < 1.29 is 18.7 Å². The standard InChI is InChI=1S/C20H21FN2O3/c1-26-18-8-7-17(21)13-16(18)14-19(24)22-9-11-23(12-10-22)20(25)15-5-3-2-4-6-15/h2-8,13H,9-12,14H2,1H3. The molecule has 0 unspecified atom stereocenters. The normalized spacial score (nSPS) is 14.2. The van der Waals surface area contributed by atoms with E-state index in [9.17, 15) is 14.0 Å². The number of carbonyl (C=O) groups excluding carboxylic acids is 2. The highest BCUT2D eigenvalue weighted by Gasteiger charge is 2.25. The number of methoxy groups -OCH3 is 1. The topological polar surface area (TPSA) is 49.9 Å². The van der Waals surface area contributed by atoms with E-state index in [0.29, 0.717) is 43.1 Å². The second kappa shape index (κ2) is 7.99. The van der Waals surface area contributed by atoms with E-state index >= 15 is 0 Å². The first-order valence-corrected chi connectivity index (χ1v) is 8.53. The number of carbonyl (C=O) groups is 2. The van der Waals surface area contributed by atoms with Crippen LogP contribution in [0.2, 0.25) is 0 Å². The largest absolute Gasteiger partial charge is 0.496 e. The van der Waals surface area contributed by atoms with Crippen molar-refractivity contribution in [3.63, 3.8) is 0 Å². The maximum atomic E-state index is 13.5. The Kier molecular flexibility index (Phi) is 5.51. The first kappa shape index (κ1) is 17.9. The molecule has 0 saturated carbocycles. The summed E-state index contributed by atoms with van der Waals surface area (Å²) in [4.78, 5) is 28.4. The minimum Gasteiger partial charge on any atom is -0.496 e. The van der Waals surface area contributed by atoms with Crippen LogP contribution in [0.3, 0.4) is 0 Å². The van der Waals surface area contributed by atoms with Crippen molar-refractivity contribution in [3.8, 4) is 5.75 Å². The number of rotatable bonds is 4. The average molecular weight is 356 g/mol. The van der Waals surface area contributed by atoms with Gasteiger partial charge in [-0.05, 0) is 30.3 Å². The molecule has 1 aliphatic heterocycles. The lowest BCUT2D eigenvalue weighted by Crippen LogP contribution is -2.51. The third-order valence-corrected chi connectivity index (χ3v) is 4.52. The zero-order chi connectivity index (χ0) is 18.5. The number of hydrogen-bond acceptors (Lipinski definition) is 3. The van der Waals surface area contributed by atoms with Crippen LogP contribution in [0, 0.1) is 5.82 Å². The average Bonchev–Trinajstić information content (AvgIpc) is 2.68. The van der Waals surface area contributed by atoms with Crippen LogP contribution in [0.5, 0.6) is 5.75 Å². The zero-order valence-corrected chi connectivity index (χ0v) is 14.7. The van der Waals surface area contributed by atoms with E-state index in [1.807, 2.05) is 18.2 Å². The summed E-state index contributed by atoms with van der Waals surface area (Å²) < 4.78 is 18.6. The number of amides is 2. The van der Waals surface area contributed by atoms with E-state index in [-0.39, 0.29) is 18.2 Å². The molecule has 26 heavy (non-hydrogen) atoms. The van der Waals surface area contributed by atoms with Crippen LogP contribution in [-0.2, 0) is 11.2 Å². The Morgan fingerprint density at radius 2 is 1.65 bits per heavy atom. The molecular formula is C20H21FN2O3. The van der Waals surface area contributed by atoms with Crippen molar-refractivity contribution >= 4 is 11.8 Å². The summed E-state index contributed by atoms with van der Waals surface area (Å²) in [6, 6.07) is 13.3. The van der Waals surface area contributed by atoms with Crippen LogP contribution >= 0.6 is 0 Å². The smallest absolute Gasteiger partial charge is 0.253 e. The SMILES string of the molecule is COc1ccc(F)cc1CC(=O)N1CCN(C(=O)c2ccccc2)CC1. The van der Waals surface area contributed by atoms with Gasteiger partial charge in [-0.2, -0.15) is 0 Å². The summed E-state index contributed by atoms with van der Waals surface area (Å²) in [7, 11) is 1.50. The van der Waals surface area contributed by atoms with E-state index in [2.05, 4.69) is 0 Å². The third-order valence-electron chi connectivity index (χ3n) is 4.52. The molecule has 5 nitrogen and oxygen atoms in total. The summed E-state index contributed by atoms with van der Waals surface area (Å²) in [6.07, 6.45) is 0.0769. The van der Waals surface area contributed by atoms with Gasteiger partial charge in [0.05, 0.1) is 13.5 Å². The predicted molar refractivity (Wildman–Crippen MR) is 95.6 cm³/mol. The van der Waals surface area contributed by atoms with Gasteiger partial charge in [0.2, 0.25) is 5.91 Å². The molecule has 1 heterocycles. The number of ether oxygens (including phenoxy) is 1. The highest BCUT2D eigenvalue weighted by atomic mass is 19.1. The van der Waals surface area contributed by atoms with Gasteiger partial charge in [-0.1, -0.05) is 18.2 Å². The molecule has 136 valence electrons. The second-order valence-corrected chi connectivity index (χ2v) is 6.17. The molecule has 0 atom stereocenters. The van der Waals surface area contributed by atoms with Gasteiger partial charge in [0.15, 0.2) is 0 Å². The fourth-order valence-corrected chi connectivity index (χ4v) is 3.08. The lowest BCUT2D eigenvalue weighted by molar-refractivity contribution is -0.131. The van der Waals surface area contributed by atoms with Gasteiger partial charge >= 0.3 is 0 Å². The molecule has 1 aliphatic rings. The zero-order valence-electron chi connectivity index (χ0n) is 14.7. The molecule has 2 aromatic carbocycles. The summed E-state index contributed by atoms with van der Waals surface area (Å²) in [6.45, 7) is 1.91. The molecule has 6 heteroatoms. The van der Waals surface area contributed by atoms with Crippen molar-refractivity contribution in [2.45, 2.75) is 6.42 Å². The first-order valence-electron chi connectivity index (χ1n) is 8.53. The molecule has 1 saturated heterocycles. The number of piperazine rings is 1. The number of benzene rings is 2. The molecular weight excluding hydrogens is 335 g/mol. The van der Waals surface area contributed by atoms with Crippen molar-refractivity contribution in [2.75, 3.05) is 33.3 Å². The Balaban J connectivity index is 1.59. The Labute approximate surface area is 152 Å². The summed E-state index contributed by atoms with van der Waals surface area (Å²) in [5.41, 5.74) is 1.18.